The van der Waals surface area contributed by atoms with Crippen molar-refractivity contribution in [3.05, 3.63) is 23.5 Å². The molecule has 0 bridgehead atoms. The molecule has 1 aromatic rings. The lowest BCUT2D eigenvalue weighted by molar-refractivity contribution is 0.0602. The smallest absolute Gasteiger partial charge is 0.340 e. The Morgan fingerprint density at radius 2 is 2.24 bits per heavy atom. The molecule has 5 heteroatoms. The van der Waals surface area contributed by atoms with Gasteiger partial charge in [-0.1, -0.05) is 6.92 Å². The number of carbonyl (C=O) groups excluding carboxylic acids is 1. The number of benzene rings is 1. The van der Waals surface area contributed by atoms with Crippen LogP contribution in [-0.2, 0) is 4.74 Å². The Balaban J connectivity index is 3.10. The van der Waals surface area contributed by atoms with Crippen LogP contribution in [0.2, 0.25) is 0 Å². The van der Waals surface area contributed by atoms with Crippen LogP contribution in [0.3, 0.4) is 0 Å². The van der Waals surface area contributed by atoms with E-state index in [1.807, 2.05) is 13.8 Å². The van der Waals surface area contributed by atoms with E-state index in [0.717, 1.165) is 12.5 Å². The lowest BCUT2D eigenvalue weighted by Crippen LogP contribution is -2.16. The molecule has 0 spiro atoms. The average molecular weight is 240 g/mol. The molecule has 1 aromatic carbocycles. The number of halogens is 1. The minimum Gasteiger partial charge on any atom is -0.465 e. The number of nitrogens with one attached hydrogen (secondary N) is 1. The zero-order chi connectivity index (χ0) is 13.0. The van der Waals surface area contributed by atoms with Crippen molar-refractivity contribution in [2.45, 2.75) is 26.3 Å². The Labute approximate surface area is 100.0 Å². The van der Waals surface area contributed by atoms with Crippen LogP contribution < -0.4 is 11.1 Å². The molecule has 1 atom stereocenters. The van der Waals surface area contributed by atoms with E-state index in [4.69, 9.17) is 5.73 Å². The summed E-state index contributed by atoms with van der Waals surface area (Å²) in [5.41, 5.74) is 6.06. The number of rotatable bonds is 4. The molecule has 17 heavy (non-hydrogen) atoms. The summed E-state index contributed by atoms with van der Waals surface area (Å²) in [5.74, 6) is -1.05. The highest BCUT2D eigenvalue weighted by Crippen LogP contribution is 2.23. The molecule has 0 aliphatic heterocycles. The number of methoxy groups -OCH3 is 1. The van der Waals surface area contributed by atoms with E-state index in [-0.39, 0.29) is 23.0 Å². The largest absolute Gasteiger partial charge is 0.465 e. The quantitative estimate of drug-likeness (QED) is 0.626. The zero-order valence-electron chi connectivity index (χ0n) is 10.2. The predicted molar refractivity (Wildman–Crippen MR) is 65.5 cm³/mol. The first kappa shape index (κ1) is 13.3. The van der Waals surface area contributed by atoms with Gasteiger partial charge in [-0.2, -0.15) is 0 Å². The van der Waals surface area contributed by atoms with E-state index < -0.39 is 11.8 Å². The number of ether oxygens (including phenoxy) is 1. The van der Waals surface area contributed by atoms with Crippen molar-refractivity contribution in [1.29, 1.82) is 0 Å². The molecule has 1 rings (SSSR count). The number of hydrogen-bond donors (Lipinski definition) is 2. The van der Waals surface area contributed by atoms with Crippen LogP contribution >= 0.6 is 0 Å². The van der Waals surface area contributed by atoms with Crippen LogP contribution in [-0.4, -0.2) is 19.1 Å². The maximum absolute atomic E-state index is 13.6. The average Bonchev–Trinajstić information content (AvgIpc) is 2.31. The summed E-state index contributed by atoms with van der Waals surface area (Å²) in [5, 5.41) is 2.97. The van der Waals surface area contributed by atoms with Crippen LogP contribution in [0.4, 0.5) is 15.8 Å². The van der Waals surface area contributed by atoms with Crippen molar-refractivity contribution in [2.24, 2.45) is 0 Å². The predicted octanol–water partition coefficient (Wildman–Crippen LogP) is 2.40. The van der Waals surface area contributed by atoms with Gasteiger partial charge in [0.1, 0.15) is 5.82 Å². The Kier molecular flexibility index (Phi) is 4.31. The standard InChI is InChI=1S/C12H17FN2O2/c1-4-7(2)15-11-5-8(12(16)17-3)10(14)6-9(11)13/h5-7,15H,4,14H2,1-3H3. The second-order valence-electron chi connectivity index (χ2n) is 3.86. The Morgan fingerprint density at radius 1 is 1.59 bits per heavy atom. The van der Waals surface area contributed by atoms with Gasteiger partial charge in [0.15, 0.2) is 0 Å². The van der Waals surface area contributed by atoms with E-state index in [9.17, 15) is 9.18 Å². The fourth-order valence-corrected chi connectivity index (χ4v) is 1.35. The maximum atomic E-state index is 13.6. The topological polar surface area (TPSA) is 64.3 Å². The van der Waals surface area contributed by atoms with Crippen molar-refractivity contribution in [3.8, 4) is 0 Å². The number of esters is 1. The van der Waals surface area contributed by atoms with Crippen molar-refractivity contribution in [3.63, 3.8) is 0 Å². The molecule has 0 aromatic heterocycles. The summed E-state index contributed by atoms with van der Waals surface area (Å²) in [6.07, 6.45) is 0.845. The van der Waals surface area contributed by atoms with Gasteiger partial charge < -0.3 is 15.8 Å². The van der Waals surface area contributed by atoms with Crippen LogP contribution in [0, 0.1) is 5.82 Å². The van der Waals surface area contributed by atoms with Gasteiger partial charge in [0.25, 0.3) is 0 Å². The molecule has 0 aliphatic rings. The van der Waals surface area contributed by atoms with Gasteiger partial charge in [0, 0.05) is 11.7 Å². The molecule has 1 unspecified atom stereocenters. The molecular weight excluding hydrogens is 223 g/mol. The molecule has 0 heterocycles. The summed E-state index contributed by atoms with van der Waals surface area (Å²) in [6, 6.07) is 2.61. The third-order valence-electron chi connectivity index (χ3n) is 2.56. The van der Waals surface area contributed by atoms with Gasteiger partial charge in [-0.25, -0.2) is 9.18 Å². The summed E-state index contributed by atoms with van der Waals surface area (Å²) in [7, 11) is 1.26. The van der Waals surface area contributed by atoms with Crippen molar-refractivity contribution < 1.29 is 13.9 Å². The third kappa shape index (κ3) is 3.09. The highest BCUT2D eigenvalue weighted by molar-refractivity contribution is 5.96. The minimum absolute atomic E-state index is 0.0732. The van der Waals surface area contributed by atoms with E-state index in [1.54, 1.807) is 0 Å². The van der Waals surface area contributed by atoms with Crippen LogP contribution in [0.25, 0.3) is 0 Å². The third-order valence-corrected chi connectivity index (χ3v) is 2.56. The van der Waals surface area contributed by atoms with Crippen LogP contribution in [0.15, 0.2) is 12.1 Å². The molecule has 0 saturated carbocycles. The lowest BCUT2D eigenvalue weighted by atomic mass is 10.1. The van der Waals surface area contributed by atoms with Gasteiger partial charge in [0.05, 0.1) is 18.4 Å². The lowest BCUT2D eigenvalue weighted by Gasteiger charge is -2.15. The van der Waals surface area contributed by atoms with Crippen molar-refractivity contribution in [1.82, 2.24) is 0 Å². The van der Waals surface area contributed by atoms with Crippen LogP contribution in [0.1, 0.15) is 30.6 Å². The first-order chi connectivity index (χ1) is 7.99. The Bertz CT molecular complexity index is 421. The molecule has 0 aliphatic carbocycles. The molecule has 0 amide bonds. The number of carbonyl (C=O) groups is 1. The first-order valence-electron chi connectivity index (χ1n) is 5.43. The minimum atomic E-state index is -0.574. The number of nitrogen functional groups attached to an aromatic ring is 1. The molecular formula is C12H17FN2O2. The molecule has 0 saturated heterocycles. The number of anilines is 2. The van der Waals surface area contributed by atoms with Gasteiger partial charge in [-0.3, -0.25) is 0 Å². The fraction of sp³-hybridized carbons (Fsp3) is 0.417. The van der Waals surface area contributed by atoms with Gasteiger partial charge in [-0.15, -0.1) is 0 Å². The van der Waals surface area contributed by atoms with Gasteiger partial charge in [0.2, 0.25) is 0 Å². The molecule has 0 radical (unpaired) electrons. The van der Waals surface area contributed by atoms with Crippen molar-refractivity contribution >= 4 is 17.3 Å². The van der Waals surface area contributed by atoms with Crippen molar-refractivity contribution in [2.75, 3.05) is 18.2 Å². The summed E-state index contributed by atoms with van der Waals surface area (Å²) >= 11 is 0. The highest BCUT2D eigenvalue weighted by atomic mass is 19.1. The fourth-order valence-electron chi connectivity index (χ4n) is 1.35. The zero-order valence-corrected chi connectivity index (χ0v) is 10.2. The van der Waals surface area contributed by atoms with E-state index in [2.05, 4.69) is 10.1 Å². The second-order valence-corrected chi connectivity index (χ2v) is 3.86. The van der Waals surface area contributed by atoms with Gasteiger partial charge >= 0.3 is 5.97 Å². The number of hydrogen-bond acceptors (Lipinski definition) is 4. The molecule has 3 N–H and O–H groups in total. The van der Waals surface area contributed by atoms with E-state index in [1.165, 1.54) is 13.2 Å². The molecule has 4 nitrogen and oxygen atoms in total. The van der Waals surface area contributed by atoms with Gasteiger partial charge in [-0.05, 0) is 25.5 Å². The Morgan fingerprint density at radius 3 is 2.76 bits per heavy atom. The van der Waals surface area contributed by atoms with E-state index >= 15 is 0 Å². The summed E-state index contributed by atoms with van der Waals surface area (Å²) < 4.78 is 18.2. The SMILES string of the molecule is CCC(C)Nc1cc(C(=O)OC)c(N)cc1F. The monoisotopic (exact) mass is 240 g/mol. The van der Waals surface area contributed by atoms with Crippen LogP contribution in [0.5, 0.6) is 0 Å². The molecule has 94 valence electrons. The van der Waals surface area contributed by atoms with E-state index in [0.29, 0.717) is 0 Å². The maximum Gasteiger partial charge on any atom is 0.340 e. The first-order valence-corrected chi connectivity index (χ1v) is 5.43. The summed E-state index contributed by atoms with van der Waals surface area (Å²) in [4.78, 5) is 11.4. The normalized spacial score (nSPS) is 12.0. The highest BCUT2D eigenvalue weighted by Gasteiger charge is 2.15. The second kappa shape index (κ2) is 5.52. The molecule has 0 fully saturated rings. The number of nitrogens with two attached hydrogens (primary N) is 1. The Hall–Kier alpha value is -1.78. The summed E-state index contributed by atoms with van der Waals surface area (Å²) in [6.45, 7) is 3.90.